The molecule has 0 aromatic carbocycles. The molecule has 0 fully saturated rings. The Morgan fingerprint density at radius 3 is 2.83 bits per heavy atom. The lowest BCUT2D eigenvalue weighted by molar-refractivity contribution is -0.118. The van der Waals surface area contributed by atoms with Gasteiger partial charge >= 0.3 is 0 Å². The first-order valence-electron chi connectivity index (χ1n) is 3.49. The van der Waals surface area contributed by atoms with Crippen LogP contribution in [-0.4, -0.2) is 17.4 Å². The van der Waals surface area contributed by atoms with Gasteiger partial charge in [0.15, 0.2) is 5.78 Å². The molecule has 1 N–H and O–H groups in total. The van der Waals surface area contributed by atoms with Crippen LogP contribution in [-0.2, 0) is 4.79 Å². The molecule has 1 rings (SSSR count). The summed E-state index contributed by atoms with van der Waals surface area (Å²) in [7, 11) is 0. The van der Waals surface area contributed by atoms with Crippen molar-refractivity contribution in [2.45, 2.75) is 6.92 Å². The Balaban J connectivity index is 2.59. The average molecular weight is 167 g/mol. The fourth-order valence-electron chi connectivity index (χ4n) is 0.671. The fourth-order valence-corrected chi connectivity index (χ4v) is 0.671. The lowest BCUT2D eigenvalue weighted by Gasteiger charge is -2.00. The maximum atomic E-state index is 10.6. The Hall–Kier alpha value is -1.58. The largest absolute Gasteiger partial charge is 0.484 e. The van der Waals surface area contributed by atoms with Crippen molar-refractivity contribution in [1.82, 2.24) is 4.98 Å². The van der Waals surface area contributed by atoms with E-state index >= 15 is 0 Å². The van der Waals surface area contributed by atoms with Crippen molar-refractivity contribution in [3.8, 4) is 5.75 Å². The van der Waals surface area contributed by atoms with Crippen molar-refractivity contribution >= 4 is 5.78 Å². The fraction of sp³-hybridized carbons (Fsp3) is 0.250. The van der Waals surface area contributed by atoms with E-state index in [1.807, 2.05) is 0 Å². The number of carbonyl (C=O) groups is 1. The Labute approximate surface area is 69.2 Å². The van der Waals surface area contributed by atoms with Crippen LogP contribution in [0.1, 0.15) is 6.92 Å². The molecule has 12 heavy (non-hydrogen) atoms. The summed E-state index contributed by atoms with van der Waals surface area (Å²) >= 11 is 0. The van der Waals surface area contributed by atoms with Crippen LogP contribution in [0.5, 0.6) is 5.75 Å². The molecule has 0 aliphatic rings. The van der Waals surface area contributed by atoms with Crippen LogP contribution in [0.3, 0.4) is 0 Å². The standard InChI is InChI=1S/C8H9NO3/c1-6(10)5-12-7-2-3-8(11)9-4-7/h2-4H,5H2,1H3,(H,9,11). The predicted molar refractivity (Wildman–Crippen MR) is 43.2 cm³/mol. The summed E-state index contributed by atoms with van der Waals surface area (Å²) in [5, 5.41) is 0. The van der Waals surface area contributed by atoms with Crippen molar-refractivity contribution in [1.29, 1.82) is 0 Å². The van der Waals surface area contributed by atoms with E-state index in [-0.39, 0.29) is 17.9 Å². The van der Waals surface area contributed by atoms with Gasteiger partial charge in [0, 0.05) is 12.3 Å². The van der Waals surface area contributed by atoms with E-state index < -0.39 is 0 Å². The maximum absolute atomic E-state index is 10.6. The van der Waals surface area contributed by atoms with Crippen molar-refractivity contribution in [3.05, 3.63) is 28.7 Å². The number of carbonyl (C=O) groups excluding carboxylic acids is 1. The third-order valence-corrected chi connectivity index (χ3v) is 1.20. The summed E-state index contributed by atoms with van der Waals surface area (Å²) in [6, 6.07) is 2.86. The summed E-state index contributed by atoms with van der Waals surface area (Å²) in [6.45, 7) is 1.47. The van der Waals surface area contributed by atoms with Crippen LogP contribution in [0, 0.1) is 0 Å². The molecule has 4 heteroatoms. The molecule has 0 spiro atoms. The van der Waals surface area contributed by atoms with E-state index in [2.05, 4.69) is 4.98 Å². The van der Waals surface area contributed by atoms with Gasteiger partial charge in [-0.05, 0) is 13.0 Å². The number of aromatic amines is 1. The highest BCUT2D eigenvalue weighted by Crippen LogP contribution is 2.03. The zero-order chi connectivity index (χ0) is 8.97. The third kappa shape index (κ3) is 2.57. The SMILES string of the molecule is CC(=O)COc1ccc(=O)[nH]c1. The highest BCUT2D eigenvalue weighted by Gasteiger charge is 1.95. The Morgan fingerprint density at radius 2 is 2.33 bits per heavy atom. The zero-order valence-electron chi connectivity index (χ0n) is 6.66. The molecule has 0 radical (unpaired) electrons. The van der Waals surface area contributed by atoms with Crippen molar-refractivity contribution in [2.75, 3.05) is 6.61 Å². The molecule has 0 amide bonds. The minimum atomic E-state index is -0.190. The molecular formula is C8H9NO3. The number of rotatable bonds is 3. The molecule has 0 saturated heterocycles. The summed E-state index contributed by atoms with van der Waals surface area (Å²) in [6.07, 6.45) is 1.42. The molecular weight excluding hydrogens is 158 g/mol. The van der Waals surface area contributed by atoms with Gasteiger partial charge in [0.05, 0.1) is 0 Å². The van der Waals surface area contributed by atoms with Crippen LogP contribution >= 0.6 is 0 Å². The van der Waals surface area contributed by atoms with E-state index in [1.54, 1.807) is 0 Å². The first-order valence-corrected chi connectivity index (χ1v) is 3.49. The first kappa shape index (κ1) is 8.52. The summed E-state index contributed by atoms with van der Waals surface area (Å²) in [5.74, 6) is 0.436. The van der Waals surface area contributed by atoms with Gasteiger partial charge in [0.25, 0.3) is 0 Å². The molecule has 0 aliphatic carbocycles. The topological polar surface area (TPSA) is 59.2 Å². The van der Waals surface area contributed by atoms with Crippen LogP contribution in [0.4, 0.5) is 0 Å². The Morgan fingerprint density at radius 1 is 1.58 bits per heavy atom. The van der Waals surface area contributed by atoms with Gasteiger partial charge in [-0.25, -0.2) is 0 Å². The van der Waals surface area contributed by atoms with Crippen LogP contribution < -0.4 is 10.3 Å². The van der Waals surface area contributed by atoms with Gasteiger partial charge in [0.2, 0.25) is 5.56 Å². The Bertz CT molecular complexity index is 309. The van der Waals surface area contributed by atoms with E-state index in [1.165, 1.54) is 25.3 Å². The molecule has 4 nitrogen and oxygen atoms in total. The number of hydrogen-bond acceptors (Lipinski definition) is 3. The van der Waals surface area contributed by atoms with Crippen LogP contribution in [0.25, 0.3) is 0 Å². The molecule has 64 valence electrons. The van der Waals surface area contributed by atoms with Gasteiger partial charge in [-0.1, -0.05) is 0 Å². The highest BCUT2D eigenvalue weighted by atomic mass is 16.5. The minimum Gasteiger partial charge on any atom is -0.484 e. The molecule has 0 saturated carbocycles. The third-order valence-electron chi connectivity index (χ3n) is 1.20. The van der Waals surface area contributed by atoms with Crippen LogP contribution in [0.2, 0.25) is 0 Å². The van der Waals surface area contributed by atoms with Gasteiger partial charge in [-0.15, -0.1) is 0 Å². The van der Waals surface area contributed by atoms with Crippen molar-refractivity contribution < 1.29 is 9.53 Å². The second kappa shape index (κ2) is 3.71. The summed E-state index contributed by atoms with van der Waals surface area (Å²) in [5.41, 5.74) is -0.190. The van der Waals surface area contributed by atoms with Crippen LogP contribution in [0.15, 0.2) is 23.1 Å². The number of ketones is 1. The lowest BCUT2D eigenvalue weighted by Crippen LogP contribution is -2.08. The highest BCUT2D eigenvalue weighted by molar-refractivity contribution is 5.77. The number of hydrogen-bond donors (Lipinski definition) is 1. The second-order valence-electron chi connectivity index (χ2n) is 2.38. The van der Waals surface area contributed by atoms with Gasteiger partial charge < -0.3 is 9.72 Å². The number of nitrogens with one attached hydrogen (secondary N) is 1. The molecule has 1 aromatic rings. The quantitative estimate of drug-likeness (QED) is 0.706. The average Bonchev–Trinajstić information content (AvgIpc) is 2.03. The zero-order valence-corrected chi connectivity index (χ0v) is 6.66. The predicted octanol–water partition coefficient (Wildman–Crippen LogP) is 0.343. The van der Waals surface area contributed by atoms with E-state index in [4.69, 9.17) is 4.74 Å². The molecule has 0 bridgehead atoms. The summed E-state index contributed by atoms with van der Waals surface area (Å²) < 4.78 is 5.00. The number of pyridine rings is 1. The molecule has 1 aromatic heterocycles. The molecule has 0 aliphatic heterocycles. The van der Waals surface area contributed by atoms with Gasteiger partial charge in [-0.2, -0.15) is 0 Å². The second-order valence-corrected chi connectivity index (χ2v) is 2.38. The number of aromatic nitrogens is 1. The number of ether oxygens (including phenoxy) is 1. The molecule has 1 heterocycles. The van der Waals surface area contributed by atoms with E-state index in [0.29, 0.717) is 5.75 Å². The minimum absolute atomic E-state index is 0.0338. The van der Waals surface area contributed by atoms with Crippen molar-refractivity contribution in [2.24, 2.45) is 0 Å². The normalized spacial score (nSPS) is 9.42. The molecule has 0 unspecified atom stereocenters. The van der Waals surface area contributed by atoms with E-state index in [9.17, 15) is 9.59 Å². The smallest absolute Gasteiger partial charge is 0.248 e. The monoisotopic (exact) mass is 167 g/mol. The van der Waals surface area contributed by atoms with Gasteiger partial charge in [-0.3, -0.25) is 9.59 Å². The van der Waals surface area contributed by atoms with Gasteiger partial charge in [0.1, 0.15) is 12.4 Å². The maximum Gasteiger partial charge on any atom is 0.248 e. The number of Topliss-reactive ketones (excluding diaryl/α,β-unsaturated/α-hetero) is 1. The van der Waals surface area contributed by atoms with E-state index in [0.717, 1.165) is 0 Å². The summed E-state index contributed by atoms with van der Waals surface area (Å²) in [4.78, 5) is 23.5. The first-order chi connectivity index (χ1) is 5.68. The van der Waals surface area contributed by atoms with Crippen molar-refractivity contribution in [3.63, 3.8) is 0 Å². The number of H-pyrrole nitrogens is 1. The lowest BCUT2D eigenvalue weighted by atomic mass is 10.4. The Kier molecular flexibility index (Phi) is 2.63. The molecule has 0 atom stereocenters.